The number of aromatic hydroxyl groups is 1. The molecule has 0 heterocycles. The Morgan fingerprint density at radius 2 is 1.85 bits per heavy atom. The van der Waals surface area contributed by atoms with Crippen LogP contribution in [0.25, 0.3) is 6.08 Å². The fourth-order valence-corrected chi connectivity index (χ4v) is 3.50. The molecule has 0 fully saturated rings. The first-order chi connectivity index (χ1) is 15.9. The minimum absolute atomic E-state index is 0.0754. The van der Waals surface area contributed by atoms with E-state index in [9.17, 15) is 15.2 Å². The summed E-state index contributed by atoms with van der Waals surface area (Å²) in [7, 11) is 0. The van der Waals surface area contributed by atoms with E-state index in [1.165, 1.54) is 30.3 Å². The molecular formula is C25H20ClIN2O4. The van der Waals surface area contributed by atoms with Crippen LogP contribution in [-0.2, 0) is 11.4 Å². The second-order valence-corrected chi connectivity index (χ2v) is 8.50. The third kappa shape index (κ3) is 6.88. The summed E-state index contributed by atoms with van der Waals surface area (Å²) in [6.07, 6.45) is 1.42. The van der Waals surface area contributed by atoms with E-state index in [1.807, 2.05) is 37.3 Å². The van der Waals surface area contributed by atoms with E-state index in [1.54, 1.807) is 12.1 Å². The molecule has 1 amide bonds. The van der Waals surface area contributed by atoms with Gasteiger partial charge in [-0.3, -0.25) is 4.79 Å². The molecule has 0 spiro atoms. The van der Waals surface area contributed by atoms with Crippen molar-refractivity contribution in [3.63, 3.8) is 0 Å². The Labute approximate surface area is 210 Å². The predicted octanol–water partition coefficient (Wildman–Crippen LogP) is 6.17. The summed E-state index contributed by atoms with van der Waals surface area (Å²) in [6.45, 7) is 2.53. The first-order valence-corrected chi connectivity index (χ1v) is 11.4. The van der Waals surface area contributed by atoms with Gasteiger partial charge in [0.2, 0.25) is 0 Å². The SMILES string of the molecule is CCOc1cc(/C=C(\C#N)C(=O)Nc2ccc(O)cc2)cc(Cl)c1OCc1ccc(I)cc1. The van der Waals surface area contributed by atoms with Crippen molar-refractivity contribution in [2.75, 3.05) is 11.9 Å². The highest BCUT2D eigenvalue weighted by Crippen LogP contribution is 2.38. The summed E-state index contributed by atoms with van der Waals surface area (Å²) in [5.41, 5.74) is 1.83. The molecule has 0 radical (unpaired) electrons. The molecule has 0 bridgehead atoms. The first-order valence-electron chi connectivity index (χ1n) is 9.95. The molecule has 0 atom stereocenters. The third-order valence-electron chi connectivity index (χ3n) is 4.43. The molecule has 6 nitrogen and oxygen atoms in total. The lowest BCUT2D eigenvalue weighted by molar-refractivity contribution is -0.112. The Morgan fingerprint density at radius 3 is 2.48 bits per heavy atom. The van der Waals surface area contributed by atoms with Gasteiger partial charge in [-0.25, -0.2) is 0 Å². The van der Waals surface area contributed by atoms with Gasteiger partial charge in [0.15, 0.2) is 11.5 Å². The number of carbonyl (C=O) groups is 1. The van der Waals surface area contributed by atoms with Crippen LogP contribution in [0.2, 0.25) is 5.02 Å². The predicted molar refractivity (Wildman–Crippen MR) is 136 cm³/mol. The van der Waals surface area contributed by atoms with Gasteiger partial charge < -0.3 is 19.9 Å². The zero-order chi connectivity index (χ0) is 23.8. The number of benzene rings is 3. The molecular weight excluding hydrogens is 555 g/mol. The largest absolute Gasteiger partial charge is 0.508 e. The van der Waals surface area contributed by atoms with E-state index in [0.717, 1.165) is 9.13 Å². The molecule has 0 aromatic heterocycles. The van der Waals surface area contributed by atoms with Crippen molar-refractivity contribution in [1.82, 2.24) is 0 Å². The van der Waals surface area contributed by atoms with Gasteiger partial charge in [0, 0.05) is 9.26 Å². The second-order valence-electron chi connectivity index (χ2n) is 6.85. The second kappa shape index (κ2) is 11.6. The number of phenolic OH excluding ortho intramolecular Hbond substituents is 1. The standard InChI is InChI=1S/C25H20ClIN2O4/c1-2-32-23-13-17(11-18(14-28)25(31)29-20-7-9-21(30)10-8-20)12-22(26)24(23)33-15-16-3-5-19(27)6-4-16/h3-13,30H,2,15H2,1H3,(H,29,31)/b18-11+. The maximum absolute atomic E-state index is 12.5. The number of phenols is 1. The van der Waals surface area contributed by atoms with E-state index in [-0.39, 0.29) is 11.3 Å². The molecule has 0 saturated carbocycles. The van der Waals surface area contributed by atoms with Crippen molar-refractivity contribution in [1.29, 1.82) is 5.26 Å². The van der Waals surface area contributed by atoms with Crippen LogP contribution >= 0.6 is 34.2 Å². The van der Waals surface area contributed by atoms with Crippen LogP contribution in [0.3, 0.4) is 0 Å². The highest BCUT2D eigenvalue weighted by Gasteiger charge is 2.15. The van der Waals surface area contributed by atoms with Crippen molar-refractivity contribution in [2.24, 2.45) is 0 Å². The van der Waals surface area contributed by atoms with E-state index in [0.29, 0.717) is 41.0 Å². The van der Waals surface area contributed by atoms with Crippen LogP contribution in [0.4, 0.5) is 5.69 Å². The Bertz CT molecular complexity index is 1200. The monoisotopic (exact) mass is 574 g/mol. The number of rotatable bonds is 8. The molecule has 0 aliphatic heterocycles. The average Bonchev–Trinajstić information content (AvgIpc) is 2.79. The van der Waals surface area contributed by atoms with Gasteiger partial charge in [0.1, 0.15) is 24.0 Å². The number of ether oxygens (including phenoxy) is 2. The summed E-state index contributed by atoms with van der Waals surface area (Å²) in [5, 5.41) is 21.8. The van der Waals surface area contributed by atoms with Gasteiger partial charge in [0.05, 0.1) is 11.6 Å². The summed E-state index contributed by atoms with van der Waals surface area (Å²) < 4.78 is 12.8. The van der Waals surface area contributed by atoms with Crippen molar-refractivity contribution < 1.29 is 19.4 Å². The van der Waals surface area contributed by atoms with Crippen LogP contribution in [0.5, 0.6) is 17.2 Å². The minimum atomic E-state index is -0.587. The van der Waals surface area contributed by atoms with Gasteiger partial charge in [0.25, 0.3) is 5.91 Å². The number of hydrogen-bond donors (Lipinski definition) is 2. The number of hydrogen-bond acceptors (Lipinski definition) is 5. The van der Waals surface area contributed by atoms with E-state index in [2.05, 4.69) is 27.9 Å². The lowest BCUT2D eigenvalue weighted by Gasteiger charge is -2.15. The fraction of sp³-hybridized carbons (Fsp3) is 0.120. The van der Waals surface area contributed by atoms with Crippen molar-refractivity contribution in [3.8, 4) is 23.3 Å². The molecule has 2 N–H and O–H groups in total. The van der Waals surface area contributed by atoms with Crippen molar-refractivity contribution >= 4 is 51.9 Å². The van der Waals surface area contributed by atoms with Crippen LogP contribution in [-0.4, -0.2) is 17.6 Å². The Balaban J connectivity index is 1.83. The van der Waals surface area contributed by atoms with Crippen LogP contribution < -0.4 is 14.8 Å². The summed E-state index contributed by atoms with van der Waals surface area (Å²) in [5.74, 6) is 0.294. The molecule has 0 aliphatic carbocycles. The van der Waals surface area contributed by atoms with Crippen molar-refractivity contribution in [3.05, 3.63) is 86.0 Å². The van der Waals surface area contributed by atoms with E-state index in [4.69, 9.17) is 21.1 Å². The van der Waals surface area contributed by atoms with Crippen LogP contribution in [0.1, 0.15) is 18.1 Å². The molecule has 3 aromatic carbocycles. The smallest absolute Gasteiger partial charge is 0.266 e. The minimum Gasteiger partial charge on any atom is -0.508 e. The summed E-state index contributed by atoms with van der Waals surface area (Å²) in [4.78, 5) is 12.5. The Hall–Kier alpha value is -3.22. The summed E-state index contributed by atoms with van der Waals surface area (Å²) >= 11 is 8.71. The molecule has 0 saturated heterocycles. The maximum Gasteiger partial charge on any atom is 0.266 e. The zero-order valence-electron chi connectivity index (χ0n) is 17.6. The van der Waals surface area contributed by atoms with Gasteiger partial charge in [-0.1, -0.05) is 23.7 Å². The van der Waals surface area contributed by atoms with Gasteiger partial charge >= 0.3 is 0 Å². The van der Waals surface area contributed by atoms with Crippen molar-refractivity contribution in [2.45, 2.75) is 13.5 Å². The number of carbonyl (C=O) groups excluding carboxylic acids is 1. The molecule has 168 valence electrons. The van der Waals surface area contributed by atoms with Gasteiger partial charge in [-0.05, 0) is 95.2 Å². The quantitative estimate of drug-likeness (QED) is 0.145. The third-order valence-corrected chi connectivity index (χ3v) is 5.43. The normalized spacial score (nSPS) is 10.9. The highest BCUT2D eigenvalue weighted by atomic mass is 127. The number of halogens is 2. The van der Waals surface area contributed by atoms with Crippen LogP contribution in [0, 0.1) is 14.9 Å². The molecule has 3 aromatic rings. The van der Waals surface area contributed by atoms with Gasteiger partial charge in [-0.15, -0.1) is 0 Å². The number of nitrogens with zero attached hydrogens (tertiary/aromatic N) is 1. The van der Waals surface area contributed by atoms with E-state index >= 15 is 0 Å². The number of nitrogens with one attached hydrogen (secondary N) is 1. The maximum atomic E-state index is 12.5. The summed E-state index contributed by atoms with van der Waals surface area (Å²) in [6, 6.07) is 19.1. The highest BCUT2D eigenvalue weighted by molar-refractivity contribution is 14.1. The van der Waals surface area contributed by atoms with Crippen LogP contribution in [0.15, 0.2) is 66.2 Å². The molecule has 0 unspecified atom stereocenters. The van der Waals surface area contributed by atoms with Gasteiger partial charge in [-0.2, -0.15) is 5.26 Å². The lowest BCUT2D eigenvalue weighted by Crippen LogP contribution is -2.13. The van der Waals surface area contributed by atoms with E-state index < -0.39 is 5.91 Å². The first kappa shape index (κ1) is 24.4. The zero-order valence-corrected chi connectivity index (χ0v) is 20.6. The molecule has 33 heavy (non-hydrogen) atoms. The number of nitriles is 1. The number of anilines is 1. The molecule has 0 aliphatic rings. The lowest BCUT2D eigenvalue weighted by atomic mass is 10.1. The Morgan fingerprint density at radius 1 is 1.15 bits per heavy atom. The molecule has 8 heteroatoms. The Kier molecular flexibility index (Phi) is 8.58. The molecule has 3 rings (SSSR count). The number of amides is 1. The topological polar surface area (TPSA) is 91.6 Å². The average molecular weight is 575 g/mol. The fourth-order valence-electron chi connectivity index (χ4n) is 2.87.